The maximum absolute atomic E-state index is 4.67. The van der Waals surface area contributed by atoms with E-state index in [1.165, 1.54) is 12.8 Å². The van der Waals surface area contributed by atoms with Gasteiger partial charge < -0.3 is 4.90 Å². The minimum absolute atomic E-state index is 0.500. The number of thiazole rings is 1. The molecule has 0 N–H and O–H groups in total. The Morgan fingerprint density at radius 2 is 2.39 bits per heavy atom. The van der Waals surface area contributed by atoms with Crippen molar-refractivity contribution >= 4 is 22.1 Å². The number of anilines is 1. The molecule has 1 fully saturated rings. The number of fused-ring (bicyclic) bond motifs is 1. The molecule has 6 nitrogen and oxygen atoms in total. The molecule has 23 heavy (non-hydrogen) atoms. The van der Waals surface area contributed by atoms with E-state index in [1.807, 2.05) is 6.07 Å². The highest BCUT2D eigenvalue weighted by Crippen LogP contribution is 2.24. The summed E-state index contributed by atoms with van der Waals surface area (Å²) in [5, 5.41) is 10.3. The van der Waals surface area contributed by atoms with Crippen LogP contribution in [-0.2, 0) is 6.54 Å². The average molecular weight is 328 g/mol. The summed E-state index contributed by atoms with van der Waals surface area (Å²) in [6.07, 6.45) is 8.33. The molecule has 0 spiro atoms. The second-order valence-electron chi connectivity index (χ2n) is 6.09. The van der Waals surface area contributed by atoms with Gasteiger partial charge in [-0.25, -0.2) is 4.98 Å². The zero-order chi connectivity index (χ0) is 15.6. The lowest BCUT2D eigenvalue weighted by atomic mass is 10.2. The highest BCUT2D eigenvalue weighted by atomic mass is 32.1. The van der Waals surface area contributed by atoms with Crippen LogP contribution in [0.15, 0.2) is 36.1 Å². The first-order chi connectivity index (χ1) is 11.3. The van der Waals surface area contributed by atoms with Crippen LogP contribution < -0.4 is 4.90 Å². The van der Waals surface area contributed by atoms with E-state index in [0.29, 0.717) is 6.04 Å². The highest BCUT2D eigenvalue weighted by molar-refractivity contribution is 7.15. The summed E-state index contributed by atoms with van der Waals surface area (Å²) in [6.45, 7) is 2.96. The van der Waals surface area contributed by atoms with Gasteiger partial charge in [-0.2, -0.15) is 5.10 Å². The molecule has 1 aliphatic rings. The van der Waals surface area contributed by atoms with E-state index in [-0.39, 0.29) is 0 Å². The smallest absolute Gasteiger partial charge is 0.193 e. The number of rotatable bonds is 5. The van der Waals surface area contributed by atoms with Gasteiger partial charge in [0, 0.05) is 49.6 Å². The predicted octanol–water partition coefficient (Wildman–Crippen LogP) is 2.29. The van der Waals surface area contributed by atoms with Crippen molar-refractivity contribution in [1.82, 2.24) is 24.5 Å². The van der Waals surface area contributed by atoms with E-state index >= 15 is 0 Å². The van der Waals surface area contributed by atoms with Crippen molar-refractivity contribution in [1.29, 1.82) is 0 Å². The Kier molecular flexibility index (Phi) is 3.97. The van der Waals surface area contributed by atoms with Crippen LogP contribution >= 0.6 is 11.3 Å². The molecular formula is C16H20N6S. The zero-order valence-corrected chi connectivity index (χ0v) is 14.0. The predicted molar refractivity (Wildman–Crippen MR) is 91.8 cm³/mol. The van der Waals surface area contributed by atoms with Gasteiger partial charge in [0.1, 0.15) is 0 Å². The standard InChI is InChI=1S/C16H20N6S/c1-20(10-13-11-21-8-9-23-16(21)18-13)12-14-4-3-7-22(14)15-5-2-6-17-19-15/h2,5-6,8-9,11,14H,3-4,7,10,12H2,1H3/t14-/m1/s1. The number of likely N-dealkylation sites (N-methyl/N-ethyl adjacent to an activating group) is 1. The topological polar surface area (TPSA) is 49.6 Å². The SMILES string of the molecule is CN(Cc1cn2ccsc2n1)C[C@H]1CCCN1c1cccnn1. The first-order valence-corrected chi connectivity index (χ1v) is 8.81. The summed E-state index contributed by atoms with van der Waals surface area (Å²) >= 11 is 1.68. The van der Waals surface area contributed by atoms with Crippen LogP contribution in [0.2, 0.25) is 0 Å². The Hall–Kier alpha value is -1.99. The molecule has 3 aromatic heterocycles. The number of hydrogen-bond acceptors (Lipinski definition) is 6. The molecule has 4 heterocycles. The Labute approximate surface area is 139 Å². The molecule has 7 heteroatoms. The van der Waals surface area contributed by atoms with Crippen LogP contribution in [-0.4, -0.2) is 50.7 Å². The van der Waals surface area contributed by atoms with Crippen molar-refractivity contribution in [2.75, 3.05) is 25.0 Å². The largest absolute Gasteiger partial charge is 0.351 e. The molecule has 0 aliphatic carbocycles. The molecule has 1 aliphatic heterocycles. The summed E-state index contributed by atoms with van der Waals surface area (Å²) in [7, 11) is 2.17. The lowest BCUT2D eigenvalue weighted by Crippen LogP contribution is -2.39. The second kappa shape index (κ2) is 6.25. The fourth-order valence-corrected chi connectivity index (χ4v) is 4.05. The monoisotopic (exact) mass is 328 g/mol. The van der Waals surface area contributed by atoms with Crippen LogP contribution in [0, 0.1) is 0 Å². The maximum atomic E-state index is 4.67. The van der Waals surface area contributed by atoms with Crippen molar-refractivity contribution < 1.29 is 0 Å². The molecule has 0 saturated carbocycles. The van der Waals surface area contributed by atoms with Gasteiger partial charge in [-0.3, -0.25) is 9.30 Å². The van der Waals surface area contributed by atoms with Gasteiger partial charge in [0.15, 0.2) is 10.8 Å². The first kappa shape index (κ1) is 14.6. The average Bonchev–Trinajstić information content (AvgIpc) is 3.24. The van der Waals surface area contributed by atoms with Gasteiger partial charge in [-0.1, -0.05) is 0 Å². The fourth-order valence-electron chi connectivity index (χ4n) is 3.33. The number of imidazole rings is 1. The van der Waals surface area contributed by atoms with Crippen LogP contribution in [0.3, 0.4) is 0 Å². The van der Waals surface area contributed by atoms with Gasteiger partial charge in [0.25, 0.3) is 0 Å². The molecule has 4 rings (SSSR count). The third-order valence-corrected chi connectivity index (χ3v) is 5.10. The minimum atomic E-state index is 0.500. The van der Waals surface area contributed by atoms with Crippen LogP contribution in [0.1, 0.15) is 18.5 Å². The van der Waals surface area contributed by atoms with Crippen molar-refractivity contribution in [2.24, 2.45) is 0 Å². The fraction of sp³-hybridized carbons (Fsp3) is 0.438. The van der Waals surface area contributed by atoms with E-state index in [1.54, 1.807) is 17.5 Å². The molecule has 120 valence electrons. The summed E-state index contributed by atoms with van der Waals surface area (Å²) in [4.78, 5) is 10.5. The maximum Gasteiger partial charge on any atom is 0.193 e. The molecule has 0 bridgehead atoms. The van der Waals surface area contributed by atoms with Crippen molar-refractivity contribution in [3.63, 3.8) is 0 Å². The molecular weight excluding hydrogens is 308 g/mol. The van der Waals surface area contributed by atoms with E-state index in [2.05, 4.69) is 60.3 Å². The molecule has 3 aromatic rings. The number of nitrogens with zero attached hydrogens (tertiary/aromatic N) is 6. The van der Waals surface area contributed by atoms with Gasteiger partial charge in [0.2, 0.25) is 0 Å². The van der Waals surface area contributed by atoms with E-state index in [4.69, 9.17) is 0 Å². The third-order valence-electron chi connectivity index (χ3n) is 4.33. The van der Waals surface area contributed by atoms with Crippen LogP contribution in [0.4, 0.5) is 5.82 Å². The van der Waals surface area contributed by atoms with E-state index in [0.717, 1.165) is 36.1 Å². The number of aromatic nitrogens is 4. The van der Waals surface area contributed by atoms with Gasteiger partial charge in [-0.15, -0.1) is 16.4 Å². The third kappa shape index (κ3) is 3.07. The van der Waals surface area contributed by atoms with Crippen LogP contribution in [0.25, 0.3) is 4.96 Å². The van der Waals surface area contributed by atoms with Crippen molar-refractivity contribution in [3.8, 4) is 0 Å². The molecule has 1 saturated heterocycles. The zero-order valence-electron chi connectivity index (χ0n) is 13.2. The molecule has 0 amide bonds. The molecule has 0 unspecified atom stereocenters. The summed E-state index contributed by atoms with van der Waals surface area (Å²) in [5.41, 5.74) is 1.13. The minimum Gasteiger partial charge on any atom is -0.351 e. The second-order valence-corrected chi connectivity index (χ2v) is 6.97. The van der Waals surface area contributed by atoms with Gasteiger partial charge in [0.05, 0.1) is 5.69 Å². The lowest BCUT2D eigenvalue weighted by Gasteiger charge is -2.28. The Balaban J connectivity index is 1.41. The summed E-state index contributed by atoms with van der Waals surface area (Å²) in [6, 6.07) is 4.51. The van der Waals surface area contributed by atoms with Crippen molar-refractivity contribution in [3.05, 3.63) is 41.8 Å². The summed E-state index contributed by atoms with van der Waals surface area (Å²) in [5.74, 6) is 0.992. The Morgan fingerprint density at radius 1 is 1.43 bits per heavy atom. The highest BCUT2D eigenvalue weighted by Gasteiger charge is 2.26. The lowest BCUT2D eigenvalue weighted by molar-refractivity contribution is 0.300. The van der Waals surface area contributed by atoms with Gasteiger partial charge in [-0.05, 0) is 32.0 Å². The Morgan fingerprint density at radius 3 is 3.22 bits per heavy atom. The van der Waals surface area contributed by atoms with E-state index < -0.39 is 0 Å². The quantitative estimate of drug-likeness (QED) is 0.719. The number of hydrogen-bond donors (Lipinski definition) is 0. The van der Waals surface area contributed by atoms with Crippen molar-refractivity contribution in [2.45, 2.75) is 25.4 Å². The van der Waals surface area contributed by atoms with Crippen LogP contribution in [0.5, 0.6) is 0 Å². The molecule has 1 atom stereocenters. The first-order valence-electron chi connectivity index (χ1n) is 7.93. The van der Waals surface area contributed by atoms with E-state index in [9.17, 15) is 0 Å². The van der Waals surface area contributed by atoms with Gasteiger partial charge >= 0.3 is 0 Å². The molecule has 0 radical (unpaired) electrons. The Bertz CT molecular complexity index is 739. The molecule has 0 aromatic carbocycles. The summed E-state index contributed by atoms with van der Waals surface area (Å²) < 4.78 is 2.09. The normalized spacial score (nSPS) is 18.3.